The minimum absolute atomic E-state index is 0.250. The second-order valence-corrected chi connectivity index (χ2v) is 6.49. The van der Waals surface area contributed by atoms with E-state index in [0.29, 0.717) is 6.61 Å². The van der Waals surface area contributed by atoms with E-state index in [1.165, 1.54) is 0 Å². The van der Waals surface area contributed by atoms with Gasteiger partial charge in [-0.2, -0.15) is 13.2 Å². The average Bonchev–Trinajstić information content (AvgIpc) is 3.20. The van der Waals surface area contributed by atoms with Crippen LogP contribution in [0.4, 0.5) is 19.1 Å². The fraction of sp³-hybridized carbons (Fsp3) is 0.143. The first-order valence-corrected chi connectivity index (χ1v) is 9.30. The van der Waals surface area contributed by atoms with Gasteiger partial charge >= 0.3 is 12.1 Å². The molecule has 9 nitrogen and oxygen atoms in total. The zero-order chi connectivity index (χ0) is 24.0. The van der Waals surface area contributed by atoms with Crippen LogP contribution < -0.4 is 15.2 Å². The Morgan fingerprint density at radius 1 is 1.12 bits per heavy atom. The van der Waals surface area contributed by atoms with Gasteiger partial charge in [0.25, 0.3) is 0 Å². The molecule has 12 heteroatoms. The number of aromatic nitrogens is 4. The minimum atomic E-state index is -5.08. The fourth-order valence-electron chi connectivity index (χ4n) is 2.67. The zero-order valence-electron chi connectivity index (χ0n) is 17.1. The molecule has 4 rings (SSSR count). The zero-order valence-corrected chi connectivity index (χ0v) is 17.1. The number of hydrogen-bond acceptors (Lipinski definition) is 7. The summed E-state index contributed by atoms with van der Waals surface area (Å²) in [5.41, 5.74) is 9.14. The molecule has 0 spiro atoms. The normalized spacial score (nSPS) is 10.9. The van der Waals surface area contributed by atoms with E-state index in [1.807, 2.05) is 48.5 Å². The lowest BCUT2D eigenvalue weighted by Crippen LogP contribution is -2.21. The van der Waals surface area contributed by atoms with Gasteiger partial charge in [-0.15, -0.1) is 0 Å². The number of carbonyl (C=O) groups is 1. The maximum absolute atomic E-state index is 10.6. The maximum atomic E-state index is 10.6. The van der Waals surface area contributed by atoms with Crippen molar-refractivity contribution in [3.8, 4) is 22.8 Å². The van der Waals surface area contributed by atoms with E-state index < -0.39 is 12.1 Å². The van der Waals surface area contributed by atoms with Crippen LogP contribution in [0.25, 0.3) is 22.3 Å². The van der Waals surface area contributed by atoms with Crippen LogP contribution in [-0.4, -0.2) is 44.3 Å². The number of rotatable bonds is 5. The molecule has 172 valence electrons. The van der Waals surface area contributed by atoms with E-state index in [0.717, 1.165) is 39.6 Å². The van der Waals surface area contributed by atoms with Crippen LogP contribution in [-0.2, 0) is 11.4 Å². The van der Waals surface area contributed by atoms with Crippen LogP contribution >= 0.6 is 0 Å². The van der Waals surface area contributed by atoms with Gasteiger partial charge in [0.05, 0.1) is 23.8 Å². The second-order valence-electron chi connectivity index (χ2n) is 6.49. The van der Waals surface area contributed by atoms with Crippen molar-refractivity contribution in [2.24, 2.45) is 0 Å². The molecule has 0 saturated heterocycles. The Morgan fingerprint density at radius 3 is 2.52 bits per heavy atom. The van der Waals surface area contributed by atoms with Crippen LogP contribution in [0.2, 0.25) is 0 Å². The quantitative estimate of drug-likeness (QED) is 0.408. The van der Waals surface area contributed by atoms with Crippen LogP contribution in [0, 0.1) is 0 Å². The van der Waals surface area contributed by atoms with Gasteiger partial charge in [0.2, 0.25) is 5.95 Å². The molecule has 0 bridgehead atoms. The molecule has 4 N–H and O–H groups in total. The van der Waals surface area contributed by atoms with E-state index in [9.17, 15) is 13.2 Å². The summed E-state index contributed by atoms with van der Waals surface area (Å²) in [6.07, 6.45) is -3.44. The molecule has 2 aromatic carbocycles. The third-order valence-electron chi connectivity index (χ3n) is 4.16. The number of fused-ring (bicyclic) bond motifs is 1. The number of carboxylic acids is 1. The maximum Gasteiger partial charge on any atom is 0.490 e. The number of anilines is 1. The van der Waals surface area contributed by atoms with Crippen molar-refractivity contribution in [2.75, 3.05) is 12.8 Å². The van der Waals surface area contributed by atoms with Gasteiger partial charge in [-0.1, -0.05) is 12.1 Å². The standard InChI is InChI=1S/C19H17N5O2.C2HF3O2/c1-25-13-3-2-4-14(10-13)26-11-18-22-16-6-5-12(9-17(16)23-18)15-7-8-21-19(20)24-15;3-2(4,5)1(6)7/h2-10H,11H2,1H3,(H,22,23)(H2,20,21,24);(H,6,7). The molecular weight excluding hydrogens is 443 g/mol. The molecule has 0 aliphatic rings. The van der Waals surface area contributed by atoms with Crippen molar-refractivity contribution in [3.63, 3.8) is 0 Å². The third-order valence-corrected chi connectivity index (χ3v) is 4.16. The van der Waals surface area contributed by atoms with Crippen LogP contribution in [0.15, 0.2) is 54.7 Å². The number of benzene rings is 2. The highest BCUT2D eigenvalue weighted by molar-refractivity contribution is 5.81. The van der Waals surface area contributed by atoms with Crippen LogP contribution in [0.5, 0.6) is 11.5 Å². The molecule has 0 radical (unpaired) electrons. The van der Waals surface area contributed by atoms with Crippen LogP contribution in [0.1, 0.15) is 5.82 Å². The Labute approximate surface area is 185 Å². The molecule has 2 aromatic heterocycles. The minimum Gasteiger partial charge on any atom is -0.497 e. The summed E-state index contributed by atoms with van der Waals surface area (Å²) < 4.78 is 42.7. The van der Waals surface area contributed by atoms with Gasteiger partial charge in [-0.25, -0.2) is 19.7 Å². The van der Waals surface area contributed by atoms with Gasteiger partial charge < -0.3 is 25.3 Å². The van der Waals surface area contributed by atoms with Crippen molar-refractivity contribution in [2.45, 2.75) is 12.8 Å². The molecule has 0 saturated carbocycles. The van der Waals surface area contributed by atoms with Crippen molar-refractivity contribution in [3.05, 3.63) is 60.6 Å². The number of hydrogen-bond donors (Lipinski definition) is 3. The number of H-pyrrole nitrogens is 1. The number of carboxylic acid groups (broad SMARTS) is 1. The van der Waals surface area contributed by atoms with E-state index in [1.54, 1.807) is 13.3 Å². The summed E-state index contributed by atoms with van der Waals surface area (Å²) in [4.78, 5) is 24.9. The molecule has 2 heterocycles. The summed E-state index contributed by atoms with van der Waals surface area (Å²) in [7, 11) is 1.63. The predicted molar refractivity (Wildman–Crippen MR) is 113 cm³/mol. The van der Waals surface area contributed by atoms with Crippen LogP contribution in [0.3, 0.4) is 0 Å². The Morgan fingerprint density at radius 2 is 1.85 bits per heavy atom. The van der Waals surface area contributed by atoms with Gasteiger partial charge in [0.15, 0.2) is 0 Å². The number of aromatic amines is 1. The lowest BCUT2D eigenvalue weighted by atomic mass is 10.1. The van der Waals surface area contributed by atoms with E-state index in [2.05, 4.69) is 19.9 Å². The number of aliphatic carboxylic acids is 1. The van der Waals surface area contributed by atoms with Crippen molar-refractivity contribution in [1.29, 1.82) is 0 Å². The largest absolute Gasteiger partial charge is 0.497 e. The summed E-state index contributed by atoms with van der Waals surface area (Å²) in [5, 5.41) is 7.12. The summed E-state index contributed by atoms with van der Waals surface area (Å²) in [6.45, 7) is 0.331. The van der Waals surface area contributed by atoms with Gasteiger partial charge in [-0.05, 0) is 30.3 Å². The average molecular weight is 461 g/mol. The number of nitrogen functional groups attached to an aromatic ring is 1. The Bertz CT molecular complexity index is 1260. The number of nitrogens with one attached hydrogen (secondary N) is 1. The van der Waals surface area contributed by atoms with E-state index in [-0.39, 0.29) is 5.95 Å². The number of imidazole rings is 1. The summed E-state index contributed by atoms with van der Waals surface area (Å²) in [5.74, 6) is -0.294. The number of ether oxygens (including phenoxy) is 2. The first kappa shape index (κ1) is 23.3. The molecular formula is C21H18F3N5O4. The number of nitrogens with zero attached hydrogens (tertiary/aromatic N) is 3. The Hall–Kier alpha value is -4.35. The molecule has 0 aliphatic heterocycles. The fourth-order valence-corrected chi connectivity index (χ4v) is 2.67. The first-order chi connectivity index (χ1) is 15.7. The van der Waals surface area contributed by atoms with E-state index in [4.69, 9.17) is 25.1 Å². The lowest BCUT2D eigenvalue weighted by Gasteiger charge is -2.05. The second kappa shape index (κ2) is 9.85. The highest BCUT2D eigenvalue weighted by Crippen LogP contribution is 2.23. The molecule has 4 aromatic rings. The molecule has 0 unspecified atom stereocenters. The highest BCUT2D eigenvalue weighted by atomic mass is 19.4. The van der Waals surface area contributed by atoms with Gasteiger partial charge in [0, 0.05) is 17.8 Å². The summed E-state index contributed by atoms with van der Waals surface area (Å²) >= 11 is 0. The van der Waals surface area contributed by atoms with Gasteiger partial charge in [-0.3, -0.25) is 0 Å². The van der Waals surface area contributed by atoms with Crippen molar-refractivity contribution in [1.82, 2.24) is 19.9 Å². The third kappa shape index (κ3) is 6.32. The number of halogens is 3. The highest BCUT2D eigenvalue weighted by Gasteiger charge is 2.38. The summed E-state index contributed by atoms with van der Waals surface area (Å²) in [6, 6.07) is 15.2. The topological polar surface area (TPSA) is 136 Å². The molecule has 0 fully saturated rings. The Kier molecular flexibility index (Phi) is 6.96. The van der Waals surface area contributed by atoms with E-state index >= 15 is 0 Å². The SMILES string of the molecule is COc1cccc(OCc2nc3ccc(-c4ccnc(N)n4)cc3[nH]2)c1.O=C(O)C(F)(F)F. The predicted octanol–water partition coefficient (Wildman–Crippen LogP) is 3.82. The lowest BCUT2D eigenvalue weighted by molar-refractivity contribution is -0.192. The number of alkyl halides is 3. The first-order valence-electron chi connectivity index (χ1n) is 9.30. The monoisotopic (exact) mass is 461 g/mol. The van der Waals surface area contributed by atoms with Gasteiger partial charge in [0.1, 0.15) is 23.9 Å². The molecule has 0 aliphatic carbocycles. The Balaban J connectivity index is 0.000000383. The molecule has 0 amide bonds. The van der Waals surface area contributed by atoms with Crippen molar-refractivity contribution >= 4 is 23.0 Å². The smallest absolute Gasteiger partial charge is 0.490 e. The number of nitrogens with two attached hydrogens (primary N) is 1. The van der Waals surface area contributed by atoms with Crippen molar-refractivity contribution < 1.29 is 32.5 Å². The molecule has 33 heavy (non-hydrogen) atoms. The molecule has 0 atom stereocenters. The number of methoxy groups -OCH3 is 1.